The van der Waals surface area contributed by atoms with Crippen LogP contribution < -0.4 is 5.73 Å². The predicted octanol–water partition coefficient (Wildman–Crippen LogP) is 3.81. The van der Waals surface area contributed by atoms with Gasteiger partial charge in [0, 0.05) is 30.3 Å². The van der Waals surface area contributed by atoms with Gasteiger partial charge in [0.1, 0.15) is 17.8 Å². The molecule has 2 heterocycles. The highest BCUT2D eigenvalue weighted by molar-refractivity contribution is 5.96. The Morgan fingerprint density at radius 1 is 1.14 bits per heavy atom. The minimum atomic E-state index is 0.213. The highest BCUT2D eigenvalue weighted by atomic mass is 16.1. The number of Topliss-reactive ketones (excluding diaryl/α,β-unsaturated/α-hetero) is 1. The van der Waals surface area contributed by atoms with Crippen LogP contribution in [0.5, 0.6) is 0 Å². The number of carbonyl (C=O) groups is 1. The van der Waals surface area contributed by atoms with Crippen LogP contribution in [0, 0.1) is 23.7 Å². The third-order valence-corrected chi connectivity index (χ3v) is 5.53. The number of nitrogens with zero attached hydrogens (tertiary/aromatic N) is 3. The van der Waals surface area contributed by atoms with Gasteiger partial charge in [0.15, 0.2) is 5.78 Å². The van der Waals surface area contributed by atoms with Crippen LogP contribution in [0.15, 0.2) is 36.8 Å². The number of hydrogen-bond donors (Lipinski definition) is 1. The number of carbonyl (C=O) groups excluding carboxylic acids is 1. The van der Waals surface area contributed by atoms with Gasteiger partial charge < -0.3 is 10.3 Å². The van der Waals surface area contributed by atoms with E-state index in [4.69, 9.17) is 5.73 Å². The van der Waals surface area contributed by atoms with Crippen molar-refractivity contribution in [3.8, 4) is 11.8 Å². The zero-order valence-electron chi connectivity index (χ0n) is 15.7. The maximum atomic E-state index is 12.4. The average Bonchev–Trinajstić information content (AvgIpc) is 3.62. The number of benzene rings is 1. The molecule has 3 aromatic rings. The lowest BCUT2D eigenvalue weighted by Gasteiger charge is -2.02. The van der Waals surface area contributed by atoms with Crippen LogP contribution in [-0.2, 0) is 6.54 Å². The van der Waals surface area contributed by atoms with E-state index in [2.05, 4.69) is 26.4 Å². The maximum Gasteiger partial charge on any atom is 0.163 e. The smallest absolute Gasteiger partial charge is 0.163 e. The summed E-state index contributed by atoms with van der Waals surface area (Å²) in [4.78, 5) is 20.9. The monoisotopic (exact) mass is 370 g/mol. The number of hydrogen-bond acceptors (Lipinski definition) is 4. The molecule has 0 radical (unpaired) electrons. The Kier molecular flexibility index (Phi) is 4.12. The Bertz CT molecular complexity index is 1130. The summed E-state index contributed by atoms with van der Waals surface area (Å²) in [6.45, 7) is 0.944. The van der Waals surface area contributed by atoms with Crippen molar-refractivity contribution in [1.82, 2.24) is 14.5 Å². The molecule has 140 valence electrons. The van der Waals surface area contributed by atoms with E-state index in [0.717, 1.165) is 40.2 Å². The lowest BCUT2D eigenvalue weighted by Crippen LogP contribution is -2.00. The first-order valence-corrected chi connectivity index (χ1v) is 9.92. The number of aromatic nitrogens is 3. The van der Waals surface area contributed by atoms with Gasteiger partial charge in [-0.2, -0.15) is 0 Å². The molecule has 5 nitrogen and oxygen atoms in total. The standard InChI is InChI=1S/C23H22N4O/c24-22-21-19(13-27(12-17-6-7-17)23(21)26-14-25-22)9-8-15-2-1-3-18(10-15)20(28)11-16-4-5-16/h1-3,10,13-14,16-17H,4-7,11-12H2,(H2,24,25,26). The van der Waals surface area contributed by atoms with E-state index in [1.165, 1.54) is 32.0 Å². The SMILES string of the molecule is Nc1ncnc2c1c(C#Cc1cccc(C(=O)CC3CC3)c1)cn2CC1CC1. The number of rotatable bonds is 5. The van der Waals surface area contributed by atoms with E-state index in [1.54, 1.807) is 0 Å². The van der Waals surface area contributed by atoms with Gasteiger partial charge in [0.25, 0.3) is 0 Å². The summed E-state index contributed by atoms with van der Waals surface area (Å²) >= 11 is 0. The topological polar surface area (TPSA) is 73.8 Å². The number of nitrogens with two attached hydrogens (primary N) is 1. The van der Waals surface area contributed by atoms with Crippen LogP contribution >= 0.6 is 0 Å². The number of ketones is 1. The minimum absolute atomic E-state index is 0.213. The molecule has 2 N–H and O–H groups in total. The van der Waals surface area contributed by atoms with Crippen LogP contribution in [0.4, 0.5) is 5.82 Å². The summed E-state index contributed by atoms with van der Waals surface area (Å²) < 4.78 is 2.14. The second kappa shape index (κ2) is 6.79. The summed E-state index contributed by atoms with van der Waals surface area (Å²) in [7, 11) is 0. The summed E-state index contributed by atoms with van der Waals surface area (Å²) in [6.07, 6.45) is 9.08. The first-order chi connectivity index (χ1) is 13.7. The van der Waals surface area contributed by atoms with Gasteiger partial charge >= 0.3 is 0 Å². The molecule has 0 aliphatic heterocycles. The largest absolute Gasteiger partial charge is 0.383 e. The molecule has 0 saturated heterocycles. The Labute approximate surface area is 164 Å². The van der Waals surface area contributed by atoms with Gasteiger partial charge in [0.05, 0.1) is 10.9 Å². The molecule has 0 amide bonds. The van der Waals surface area contributed by atoms with Crippen molar-refractivity contribution < 1.29 is 4.79 Å². The Morgan fingerprint density at radius 3 is 2.75 bits per heavy atom. The molecule has 2 aliphatic carbocycles. The number of fused-ring (bicyclic) bond motifs is 1. The van der Waals surface area contributed by atoms with Crippen molar-refractivity contribution in [3.63, 3.8) is 0 Å². The van der Waals surface area contributed by atoms with E-state index in [9.17, 15) is 4.79 Å². The molecule has 2 aromatic heterocycles. The molecule has 0 unspecified atom stereocenters. The van der Waals surface area contributed by atoms with E-state index in [-0.39, 0.29) is 5.78 Å². The van der Waals surface area contributed by atoms with E-state index in [1.807, 2.05) is 30.5 Å². The third-order valence-electron chi connectivity index (χ3n) is 5.53. The zero-order valence-corrected chi connectivity index (χ0v) is 15.7. The van der Waals surface area contributed by atoms with Gasteiger partial charge in [-0.3, -0.25) is 4.79 Å². The summed E-state index contributed by atoms with van der Waals surface area (Å²) in [5.74, 6) is 8.41. The highest BCUT2D eigenvalue weighted by Gasteiger charge is 2.25. The fraction of sp³-hybridized carbons (Fsp3) is 0.348. The summed E-state index contributed by atoms with van der Waals surface area (Å²) in [6, 6.07) is 7.60. The van der Waals surface area contributed by atoms with E-state index < -0.39 is 0 Å². The maximum absolute atomic E-state index is 12.4. The quantitative estimate of drug-likeness (QED) is 0.547. The summed E-state index contributed by atoms with van der Waals surface area (Å²) in [5.41, 5.74) is 9.39. The van der Waals surface area contributed by atoms with Gasteiger partial charge in [-0.1, -0.05) is 24.0 Å². The van der Waals surface area contributed by atoms with Crippen LogP contribution in [0.25, 0.3) is 11.0 Å². The molecule has 1 aromatic carbocycles. The molecular formula is C23H22N4O. The molecule has 0 atom stereocenters. The second-order valence-electron chi connectivity index (χ2n) is 8.00. The fourth-order valence-corrected chi connectivity index (χ4v) is 3.57. The van der Waals surface area contributed by atoms with Crippen LogP contribution in [0.2, 0.25) is 0 Å². The van der Waals surface area contributed by atoms with Crippen molar-refractivity contribution in [1.29, 1.82) is 0 Å². The summed E-state index contributed by atoms with van der Waals surface area (Å²) in [5, 5.41) is 0.816. The molecule has 0 spiro atoms. The van der Waals surface area contributed by atoms with Crippen LogP contribution in [-0.4, -0.2) is 20.3 Å². The van der Waals surface area contributed by atoms with Crippen molar-refractivity contribution >= 4 is 22.6 Å². The Morgan fingerprint density at radius 2 is 1.96 bits per heavy atom. The zero-order chi connectivity index (χ0) is 19.1. The fourth-order valence-electron chi connectivity index (χ4n) is 3.57. The van der Waals surface area contributed by atoms with Crippen molar-refractivity contribution in [2.45, 2.75) is 38.6 Å². The molecule has 0 bridgehead atoms. The molecule has 2 aliphatic rings. The van der Waals surface area contributed by atoms with Crippen LogP contribution in [0.1, 0.15) is 53.6 Å². The van der Waals surface area contributed by atoms with Gasteiger partial charge in [-0.05, 0) is 49.7 Å². The van der Waals surface area contributed by atoms with E-state index in [0.29, 0.717) is 18.2 Å². The minimum Gasteiger partial charge on any atom is -0.383 e. The molecule has 2 fully saturated rings. The normalized spacial score (nSPS) is 16.0. The lowest BCUT2D eigenvalue weighted by atomic mass is 10.0. The molecule has 2 saturated carbocycles. The molecular weight excluding hydrogens is 348 g/mol. The van der Waals surface area contributed by atoms with Gasteiger partial charge in [-0.25, -0.2) is 9.97 Å². The second-order valence-corrected chi connectivity index (χ2v) is 8.00. The average molecular weight is 370 g/mol. The van der Waals surface area contributed by atoms with Crippen molar-refractivity contribution in [2.24, 2.45) is 11.8 Å². The Balaban J connectivity index is 1.47. The van der Waals surface area contributed by atoms with Crippen molar-refractivity contribution in [2.75, 3.05) is 5.73 Å². The highest BCUT2D eigenvalue weighted by Crippen LogP contribution is 2.34. The van der Waals surface area contributed by atoms with E-state index >= 15 is 0 Å². The third kappa shape index (κ3) is 3.50. The van der Waals surface area contributed by atoms with Crippen LogP contribution in [0.3, 0.4) is 0 Å². The van der Waals surface area contributed by atoms with Gasteiger partial charge in [0.2, 0.25) is 0 Å². The molecule has 5 rings (SSSR count). The Hall–Kier alpha value is -3.13. The number of anilines is 1. The molecule has 28 heavy (non-hydrogen) atoms. The number of nitrogen functional groups attached to an aromatic ring is 1. The van der Waals surface area contributed by atoms with Gasteiger partial charge in [-0.15, -0.1) is 0 Å². The molecule has 5 heteroatoms. The van der Waals surface area contributed by atoms with Crippen molar-refractivity contribution in [3.05, 3.63) is 53.5 Å². The first-order valence-electron chi connectivity index (χ1n) is 9.92. The predicted molar refractivity (Wildman–Crippen MR) is 109 cm³/mol. The first kappa shape index (κ1) is 17.0. The lowest BCUT2D eigenvalue weighted by molar-refractivity contribution is 0.0976.